The fourth-order valence-corrected chi connectivity index (χ4v) is 5.33. The van der Waals surface area contributed by atoms with Gasteiger partial charge in [-0.15, -0.1) is 0 Å². The predicted molar refractivity (Wildman–Crippen MR) is 102 cm³/mol. The molecule has 2 aliphatic carbocycles. The molecular formula is C20H22NP. The van der Waals surface area contributed by atoms with Gasteiger partial charge >= 0.3 is 0 Å². The zero-order valence-corrected chi connectivity index (χ0v) is 14.3. The van der Waals surface area contributed by atoms with Crippen LogP contribution in [0.3, 0.4) is 0 Å². The Kier molecular flexibility index (Phi) is 4.47. The minimum Gasteiger partial charge on any atom is -0.303 e. The van der Waals surface area contributed by atoms with Crippen molar-refractivity contribution in [3.05, 3.63) is 78.4 Å². The Hall–Kier alpha value is -1.82. The van der Waals surface area contributed by atoms with E-state index in [0.717, 1.165) is 0 Å². The molecule has 2 heteroatoms. The highest BCUT2D eigenvalue weighted by Crippen LogP contribution is 2.28. The number of nitrogens with zero attached hydrogens (tertiary/aromatic N) is 1. The lowest BCUT2D eigenvalue weighted by Gasteiger charge is -2.23. The van der Waals surface area contributed by atoms with E-state index in [1.807, 2.05) is 0 Å². The molecular weight excluding hydrogens is 285 g/mol. The van der Waals surface area contributed by atoms with E-state index in [1.165, 1.54) is 21.5 Å². The molecule has 3 rings (SSSR count). The van der Waals surface area contributed by atoms with Gasteiger partial charge in [-0.2, -0.15) is 0 Å². The van der Waals surface area contributed by atoms with Gasteiger partial charge in [0.15, 0.2) is 0 Å². The monoisotopic (exact) mass is 307 g/mol. The summed E-state index contributed by atoms with van der Waals surface area (Å²) in [7, 11) is 3.82. The van der Waals surface area contributed by atoms with Crippen molar-refractivity contribution in [3.8, 4) is 0 Å². The van der Waals surface area contributed by atoms with Gasteiger partial charge < -0.3 is 4.90 Å². The van der Waals surface area contributed by atoms with E-state index < -0.39 is 7.17 Å². The first-order valence-electron chi connectivity index (χ1n) is 7.67. The second-order valence-electron chi connectivity index (χ2n) is 5.82. The Bertz CT molecular complexity index is 753. The van der Waals surface area contributed by atoms with E-state index in [2.05, 4.69) is 98.8 Å². The second kappa shape index (κ2) is 6.52. The fraction of sp³-hybridized carbons (Fsp3) is 0.200. The number of benzene rings is 1. The number of allylic oxidation sites excluding steroid dienone is 7. The second-order valence-corrected chi connectivity index (χ2v) is 8.01. The molecule has 2 aliphatic rings. The zero-order valence-electron chi connectivity index (χ0n) is 13.4. The van der Waals surface area contributed by atoms with Crippen molar-refractivity contribution in [1.29, 1.82) is 0 Å². The molecule has 0 bridgehead atoms. The maximum Gasteiger partial charge on any atom is 0.0323 e. The van der Waals surface area contributed by atoms with Crippen molar-refractivity contribution in [3.63, 3.8) is 0 Å². The summed E-state index contributed by atoms with van der Waals surface area (Å²) in [6, 6.07) is 11.3. The first-order chi connectivity index (χ1) is 10.7. The highest BCUT2D eigenvalue weighted by molar-refractivity contribution is 7.68. The summed E-state index contributed by atoms with van der Waals surface area (Å²) in [6.45, 7) is 2.28. The maximum atomic E-state index is 2.31. The van der Waals surface area contributed by atoms with E-state index in [1.54, 1.807) is 0 Å². The van der Waals surface area contributed by atoms with Crippen LogP contribution in [0.25, 0.3) is 0 Å². The molecule has 1 aromatic rings. The van der Waals surface area contributed by atoms with Gasteiger partial charge in [-0.25, -0.2) is 0 Å². The van der Waals surface area contributed by atoms with Crippen LogP contribution in [0.2, 0.25) is 0 Å². The van der Waals surface area contributed by atoms with E-state index in [-0.39, 0.29) is 0 Å². The highest BCUT2D eigenvalue weighted by Gasteiger charge is 2.18. The smallest absolute Gasteiger partial charge is 0.0323 e. The molecule has 0 saturated heterocycles. The van der Waals surface area contributed by atoms with Gasteiger partial charge in [0.2, 0.25) is 0 Å². The SMILES string of the molecule is C[C@H](C1=CC=CC1=P(=C1C=CC=C1)c1ccccc1)N(C)C. The van der Waals surface area contributed by atoms with Gasteiger partial charge in [0, 0.05) is 11.3 Å². The lowest BCUT2D eigenvalue weighted by molar-refractivity contribution is 0.358. The van der Waals surface area contributed by atoms with Gasteiger partial charge in [0.05, 0.1) is 0 Å². The summed E-state index contributed by atoms with van der Waals surface area (Å²) in [4.78, 5) is 2.28. The average Bonchev–Trinajstić information content (AvgIpc) is 3.20. The summed E-state index contributed by atoms with van der Waals surface area (Å²) in [6.07, 6.45) is 15.6. The maximum absolute atomic E-state index is 2.31. The Morgan fingerprint density at radius 2 is 1.59 bits per heavy atom. The number of hydrogen-bond donors (Lipinski definition) is 0. The van der Waals surface area contributed by atoms with Crippen molar-refractivity contribution in [2.75, 3.05) is 14.1 Å². The Morgan fingerprint density at radius 3 is 2.23 bits per heavy atom. The molecule has 112 valence electrons. The minimum absolute atomic E-state index is 0.425. The van der Waals surface area contributed by atoms with Crippen molar-refractivity contribution >= 4 is 23.1 Å². The lowest BCUT2D eigenvalue weighted by atomic mass is 10.1. The molecule has 0 saturated carbocycles. The van der Waals surface area contributed by atoms with Gasteiger partial charge in [0.25, 0.3) is 0 Å². The van der Waals surface area contributed by atoms with Crippen LogP contribution >= 0.6 is 7.17 Å². The van der Waals surface area contributed by atoms with Crippen LogP contribution in [0.15, 0.2) is 78.4 Å². The number of hydrogen-bond acceptors (Lipinski definition) is 1. The van der Waals surface area contributed by atoms with E-state index in [4.69, 9.17) is 0 Å². The lowest BCUT2D eigenvalue weighted by Crippen LogP contribution is -2.29. The largest absolute Gasteiger partial charge is 0.303 e. The fourth-order valence-electron chi connectivity index (χ4n) is 2.78. The molecule has 0 amide bonds. The van der Waals surface area contributed by atoms with Crippen molar-refractivity contribution in [1.82, 2.24) is 4.90 Å². The summed E-state index contributed by atoms with van der Waals surface area (Å²) in [5, 5.41) is 4.33. The summed E-state index contributed by atoms with van der Waals surface area (Å²) >= 11 is 0. The van der Waals surface area contributed by atoms with Crippen LogP contribution in [0.5, 0.6) is 0 Å². The molecule has 0 aromatic heterocycles. The first-order valence-corrected chi connectivity index (χ1v) is 9.01. The third-order valence-electron chi connectivity index (χ3n) is 4.21. The quantitative estimate of drug-likeness (QED) is 0.770. The van der Waals surface area contributed by atoms with Crippen LogP contribution in [-0.2, 0) is 0 Å². The van der Waals surface area contributed by atoms with E-state index in [9.17, 15) is 0 Å². The molecule has 0 heterocycles. The van der Waals surface area contributed by atoms with Crippen LogP contribution < -0.4 is 5.30 Å². The normalized spacial score (nSPS) is 20.0. The van der Waals surface area contributed by atoms with Crippen LogP contribution in [0.4, 0.5) is 0 Å². The molecule has 0 radical (unpaired) electrons. The Morgan fingerprint density at radius 1 is 0.909 bits per heavy atom. The van der Waals surface area contributed by atoms with Crippen LogP contribution in [-0.4, -0.2) is 35.6 Å². The number of rotatable bonds is 3. The molecule has 1 unspecified atom stereocenters. The van der Waals surface area contributed by atoms with Gasteiger partial charge in [-0.05, 0) is 37.2 Å². The molecule has 0 fully saturated rings. The van der Waals surface area contributed by atoms with Gasteiger partial charge in [-0.1, -0.05) is 80.0 Å². The van der Waals surface area contributed by atoms with E-state index >= 15 is 0 Å². The van der Waals surface area contributed by atoms with Crippen LogP contribution in [0, 0.1) is 0 Å². The van der Waals surface area contributed by atoms with Gasteiger partial charge in [-0.3, -0.25) is 0 Å². The number of likely N-dealkylation sites (N-methyl/N-ethyl adjacent to an activating group) is 1. The molecule has 0 aliphatic heterocycles. The molecule has 22 heavy (non-hydrogen) atoms. The third-order valence-corrected chi connectivity index (χ3v) is 6.73. The Balaban J connectivity index is 2.25. The topological polar surface area (TPSA) is 3.24 Å². The predicted octanol–water partition coefficient (Wildman–Crippen LogP) is 3.71. The standard InChI is InChI=1S/C20H22NP/c1-16(21(2)3)19-14-9-15-20(19)22(18-12-7-8-13-18)17-10-5-4-6-11-17/h4-16H,1-3H3/t16-/m1/s1. The van der Waals surface area contributed by atoms with Crippen molar-refractivity contribution in [2.24, 2.45) is 0 Å². The average molecular weight is 307 g/mol. The highest BCUT2D eigenvalue weighted by atomic mass is 31.1. The molecule has 1 aromatic carbocycles. The summed E-state index contributed by atoms with van der Waals surface area (Å²) < 4.78 is 0. The van der Waals surface area contributed by atoms with Crippen molar-refractivity contribution in [2.45, 2.75) is 13.0 Å². The molecule has 1 nitrogen and oxygen atoms in total. The van der Waals surface area contributed by atoms with Crippen molar-refractivity contribution < 1.29 is 0 Å². The zero-order chi connectivity index (χ0) is 15.5. The van der Waals surface area contributed by atoms with E-state index in [0.29, 0.717) is 6.04 Å². The molecule has 0 N–H and O–H groups in total. The third kappa shape index (κ3) is 2.88. The summed E-state index contributed by atoms with van der Waals surface area (Å²) in [5.41, 5.74) is 1.45. The Labute approximate surface area is 134 Å². The van der Waals surface area contributed by atoms with Gasteiger partial charge in [0.1, 0.15) is 0 Å². The summed E-state index contributed by atoms with van der Waals surface area (Å²) in [5.74, 6) is 0. The van der Waals surface area contributed by atoms with Crippen LogP contribution in [0.1, 0.15) is 6.92 Å². The molecule has 2 atom stereocenters. The minimum atomic E-state index is -0.477. The first kappa shape index (κ1) is 15.1. The molecule has 0 spiro atoms.